The van der Waals surface area contributed by atoms with Crippen molar-refractivity contribution in [1.29, 1.82) is 0 Å². The summed E-state index contributed by atoms with van der Waals surface area (Å²) >= 11 is 0. The highest BCUT2D eigenvalue weighted by Crippen LogP contribution is 2.19. The summed E-state index contributed by atoms with van der Waals surface area (Å²) in [7, 11) is 0. The normalized spacial score (nSPS) is 13.2. The van der Waals surface area contributed by atoms with Gasteiger partial charge in [-0.2, -0.15) is 0 Å². The molecule has 0 aromatic carbocycles. The Balaban J connectivity index is 3.25. The molecule has 0 nitrogen and oxygen atoms in total. The molecule has 0 saturated carbocycles. The van der Waals surface area contributed by atoms with E-state index in [0.717, 1.165) is 12.3 Å². The van der Waals surface area contributed by atoms with Gasteiger partial charge in [0.15, 0.2) is 0 Å². The summed E-state index contributed by atoms with van der Waals surface area (Å²) in [6, 6.07) is 0. The summed E-state index contributed by atoms with van der Waals surface area (Å²) in [5, 5.41) is 0. The second-order valence-electron chi connectivity index (χ2n) is 4.12. The number of hydrogen-bond donors (Lipinski definition) is 0. The minimum absolute atomic E-state index is 1.00. The first-order valence-electron chi connectivity index (χ1n) is 6.14. The lowest BCUT2D eigenvalue weighted by Gasteiger charge is -2.13. The van der Waals surface area contributed by atoms with Crippen LogP contribution in [-0.2, 0) is 0 Å². The predicted molar refractivity (Wildman–Crippen MR) is 61.7 cm³/mol. The highest BCUT2D eigenvalue weighted by atomic mass is 14.1. The molecule has 0 bridgehead atoms. The lowest BCUT2D eigenvalue weighted by Crippen LogP contribution is -1.98. The fraction of sp³-hybridized carbons (Fsp3) is 0.923. The topological polar surface area (TPSA) is 0 Å². The lowest BCUT2D eigenvalue weighted by molar-refractivity contribution is 0.402. The molecule has 0 heteroatoms. The number of unbranched alkanes of at least 4 members (excludes halogenated alkanes) is 4. The molecule has 0 amide bonds. The summed E-state index contributed by atoms with van der Waals surface area (Å²) in [4.78, 5) is 0. The van der Waals surface area contributed by atoms with Gasteiger partial charge in [-0.15, -0.1) is 0 Å². The van der Waals surface area contributed by atoms with Gasteiger partial charge in [-0.1, -0.05) is 78.6 Å². The number of rotatable bonds is 9. The van der Waals surface area contributed by atoms with E-state index < -0.39 is 0 Å². The fourth-order valence-corrected chi connectivity index (χ4v) is 1.83. The van der Waals surface area contributed by atoms with Crippen LogP contribution >= 0.6 is 0 Å². The first-order valence-corrected chi connectivity index (χ1v) is 6.14. The van der Waals surface area contributed by atoms with Crippen LogP contribution in [-0.4, -0.2) is 0 Å². The molecule has 0 rings (SSSR count). The molecule has 0 heterocycles. The highest BCUT2D eigenvalue weighted by molar-refractivity contribution is 4.58. The summed E-state index contributed by atoms with van der Waals surface area (Å²) in [6.07, 6.45) is 12.3. The maximum Gasteiger partial charge on any atom is -0.0417 e. The van der Waals surface area contributed by atoms with Crippen LogP contribution in [0.25, 0.3) is 0 Å². The molecule has 0 saturated heterocycles. The molecule has 0 N–H and O–H groups in total. The Bertz CT molecular complexity index is 86.0. The van der Waals surface area contributed by atoms with Crippen molar-refractivity contribution in [1.82, 2.24) is 0 Å². The van der Waals surface area contributed by atoms with Gasteiger partial charge in [0.05, 0.1) is 0 Å². The Morgan fingerprint density at radius 2 is 1.62 bits per heavy atom. The lowest BCUT2D eigenvalue weighted by atomic mass is 9.93. The Morgan fingerprint density at radius 3 is 2.15 bits per heavy atom. The van der Waals surface area contributed by atoms with Crippen LogP contribution in [0.5, 0.6) is 0 Å². The van der Waals surface area contributed by atoms with Gasteiger partial charge in [0, 0.05) is 0 Å². The van der Waals surface area contributed by atoms with E-state index in [-0.39, 0.29) is 0 Å². The van der Waals surface area contributed by atoms with Crippen molar-refractivity contribution in [3.8, 4) is 0 Å². The van der Waals surface area contributed by atoms with Crippen LogP contribution in [0.4, 0.5) is 0 Å². The molecule has 1 radical (unpaired) electrons. The van der Waals surface area contributed by atoms with E-state index in [1.807, 2.05) is 0 Å². The van der Waals surface area contributed by atoms with Gasteiger partial charge < -0.3 is 0 Å². The Hall–Kier alpha value is 0. The van der Waals surface area contributed by atoms with Crippen LogP contribution in [0.15, 0.2) is 0 Å². The van der Waals surface area contributed by atoms with E-state index in [1.54, 1.807) is 0 Å². The zero-order chi connectivity index (χ0) is 9.94. The molecule has 0 fully saturated rings. The van der Waals surface area contributed by atoms with Gasteiger partial charge in [0.25, 0.3) is 0 Å². The monoisotopic (exact) mass is 183 g/mol. The van der Waals surface area contributed by atoms with Crippen LogP contribution < -0.4 is 0 Å². The quantitative estimate of drug-likeness (QED) is 0.442. The second kappa shape index (κ2) is 10.1. The van der Waals surface area contributed by atoms with Gasteiger partial charge in [-0.3, -0.25) is 0 Å². The average Bonchev–Trinajstić information content (AvgIpc) is 2.17. The van der Waals surface area contributed by atoms with Crippen molar-refractivity contribution in [2.75, 3.05) is 0 Å². The SMILES string of the molecule is [CH2]CCCCCC(CC)CCCC. The zero-order valence-electron chi connectivity index (χ0n) is 9.65. The van der Waals surface area contributed by atoms with E-state index in [1.165, 1.54) is 51.4 Å². The molecule has 0 aromatic rings. The number of hydrogen-bond acceptors (Lipinski definition) is 0. The second-order valence-corrected chi connectivity index (χ2v) is 4.12. The smallest absolute Gasteiger partial charge is 0.0417 e. The van der Waals surface area contributed by atoms with Gasteiger partial charge in [-0.05, 0) is 5.92 Å². The molecule has 0 aliphatic heterocycles. The first kappa shape index (κ1) is 13.0. The highest BCUT2D eigenvalue weighted by Gasteiger charge is 2.04. The van der Waals surface area contributed by atoms with Crippen molar-refractivity contribution in [2.45, 2.75) is 71.6 Å². The Morgan fingerprint density at radius 1 is 0.923 bits per heavy atom. The van der Waals surface area contributed by atoms with Crippen LogP contribution in [0, 0.1) is 12.8 Å². The van der Waals surface area contributed by atoms with Crippen molar-refractivity contribution in [2.24, 2.45) is 5.92 Å². The molecule has 79 valence electrons. The molecule has 0 spiro atoms. The molecule has 0 aliphatic rings. The minimum atomic E-state index is 1.00. The minimum Gasteiger partial charge on any atom is -0.0654 e. The largest absolute Gasteiger partial charge is 0.0654 e. The van der Waals surface area contributed by atoms with Gasteiger partial charge >= 0.3 is 0 Å². The Labute approximate surface area is 85.1 Å². The van der Waals surface area contributed by atoms with Crippen molar-refractivity contribution in [3.63, 3.8) is 0 Å². The average molecular weight is 183 g/mol. The van der Waals surface area contributed by atoms with Crippen LogP contribution in [0.2, 0.25) is 0 Å². The fourth-order valence-electron chi connectivity index (χ4n) is 1.83. The van der Waals surface area contributed by atoms with Crippen molar-refractivity contribution in [3.05, 3.63) is 6.92 Å². The maximum atomic E-state index is 3.87. The molecule has 1 unspecified atom stereocenters. The molecule has 0 aromatic heterocycles. The molecule has 1 atom stereocenters. The van der Waals surface area contributed by atoms with Gasteiger partial charge in [-0.25, -0.2) is 0 Å². The van der Waals surface area contributed by atoms with Gasteiger partial charge in [0.2, 0.25) is 0 Å². The van der Waals surface area contributed by atoms with Crippen LogP contribution in [0.3, 0.4) is 0 Å². The van der Waals surface area contributed by atoms with E-state index in [4.69, 9.17) is 0 Å². The third-order valence-electron chi connectivity index (χ3n) is 2.91. The molecule has 13 heavy (non-hydrogen) atoms. The van der Waals surface area contributed by atoms with E-state index >= 15 is 0 Å². The third kappa shape index (κ3) is 8.33. The summed E-state index contributed by atoms with van der Waals surface area (Å²) < 4.78 is 0. The van der Waals surface area contributed by atoms with Crippen molar-refractivity contribution >= 4 is 0 Å². The summed E-state index contributed by atoms with van der Waals surface area (Å²) in [5.74, 6) is 1.00. The summed E-state index contributed by atoms with van der Waals surface area (Å²) in [6.45, 7) is 8.49. The first-order chi connectivity index (χ1) is 6.35. The predicted octanol–water partition coefficient (Wildman–Crippen LogP) is 4.99. The van der Waals surface area contributed by atoms with Gasteiger partial charge in [0.1, 0.15) is 0 Å². The van der Waals surface area contributed by atoms with E-state index in [9.17, 15) is 0 Å². The zero-order valence-corrected chi connectivity index (χ0v) is 9.65. The molecular weight excluding hydrogens is 156 g/mol. The summed E-state index contributed by atoms with van der Waals surface area (Å²) in [5.41, 5.74) is 0. The van der Waals surface area contributed by atoms with Crippen molar-refractivity contribution < 1.29 is 0 Å². The van der Waals surface area contributed by atoms with Crippen LogP contribution in [0.1, 0.15) is 71.6 Å². The Kier molecular flexibility index (Phi) is 10.1. The maximum absolute atomic E-state index is 3.87. The van der Waals surface area contributed by atoms with E-state index in [2.05, 4.69) is 20.8 Å². The standard InChI is InChI=1S/C13H27/c1-4-7-9-10-12-13(6-3)11-8-5-2/h13H,1,4-12H2,2-3H3. The van der Waals surface area contributed by atoms with E-state index in [0.29, 0.717) is 0 Å². The third-order valence-corrected chi connectivity index (χ3v) is 2.91. The molecule has 0 aliphatic carbocycles. The molecular formula is C13H27.